The normalized spacial score (nSPS) is 20.4. The summed E-state index contributed by atoms with van der Waals surface area (Å²) in [5, 5.41) is 9.14. The van der Waals surface area contributed by atoms with Crippen molar-refractivity contribution in [3.63, 3.8) is 0 Å². The zero-order chi connectivity index (χ0) is 12.3. The number of ether oxygens (including phenoxy) is 1. The Balaban J connectivity index is 2.18. The standard InChI is InChI=1S/C11H13FN2O3/c12-10-3-1-2-9(13-10)11(16)14-4-5-17-7-8(14)6-15/h1-3,8,15H,4-7H2. The van der Waals surface area contributed by atoms with E-state index in [1.165, 1.54) is 23.1 Å². The summed E-state index contributed by atoms with van der Waals surface area (Å²) in [7, 11) is 0. The number of amides is 1. The molecule has 1 atom stereocenters. The summed E-state index contributed by atoms with van der Waals surface area (Å²) in [6.45, 7) is 0.901. The van der Waals surface area contributed by atoms with Gasteiger partial charge in [-0.3, -0.25) is 4.79 Å². The number of hydrogen-bond donors (Lipinski definition) is 1. The average molecular weight is 240 g/mol. The molecule has 6 heteroatoms. The third-order valence-corrected chi connectivity index (χ3v) is 2.63. The Morgan fingerprint density at radius 1 is 1.65 bits per heavy atom. The Morgan fingerprint density at radius 2 is 2.47 bits per heavy atom. The zero-order valence-corrected chi connectivity index (χ0v) is 9.17. The predicted octanol–water partition coefficient (Wildman–Crippen LogP) is 0.0540. The van der Waals surface area contributed by atoms with Crippen molar-refractivity contribution >= 4 is 5.91 Å². The number of rotatable bonds is 2. The molecule has 1 fully saturated rings. The van der Waals surface area contributed by atoms with E-state index >= 15 is 0 Å². The maximum absolute atomic E-state index is 12.9. The summed E-state index contributed by atoms with van der Waals surface area (Å²) in [6.07, 6.45) is 0. The molecule has 2 rings (SSSR count). The lowest BCUT2D eigenvalue weighted by molar-refractivity contribution is -0.0186. The van der Waals surface area contributed by atoms with Crippen molar-refractivity contribution in [1.29, 1.82) is 0 Å². The molecule has 0 radical (unpaired) electrons. The van der Waals surface area contributed by atoms with Gasteiger partial charge in [-0.15, -0.1) is 0 Å². The smallest absolute Gasteiger partial charge is 0.273 e. The first-order chi connectivity index (χ1) is 8.22. The number of carbonyl (C=O) groups is 1. The molecule has 1 amide bonds. The maximum Gasteiger partial charge on any atom is 0.273 e. The van der Waals surface area contributed by atoms with E-state index in [4.69, 9.17) is 9.84 Å². The molecule has 0 aromatic carbocycles. The van der Waals surface area contributed by atoms with E-state index in [-0.39, 0.29) is 30.9 Å². The number of nitrogens with zero attached hydrogens (tertiary/aromatic N) is 2. The van der Waals surface area contributed by atoms with Crippen LogP contribution in [0.5, 0.6) is 0 Å². The summed E-state index contributed by atoms with van der Waals surface area (Å²) in [5.41, 5.74) is 0.0466. The maximum atomic E-state index is 12.9. The van der Waals surface area contributed by atoms with Gasteiger partial charge in [-0.05, 0) is 12.1 Å². The van der Waals surface area contributed by atoms with Crippen molar-refractivity contribution in [2.45, 2.75) is 6.04 Å². The van der Waals surface area contributed by atoms with Crippen molar-refractivity contribution in [3.8, 4) is 0 Å². The van der Waals surface area contributed by atoms with Gasteiger partial charge in [0.25, 0.3) is 5.91 Å². The molecule has 0 aliphatic carbocycles. The number of hydrogen-bond acceptors (Lipinski definition) is 4. The number of morpholine rings is 1. The number of carbonyl (C=O) groups excluding carboxylic acids is 1. The van der Waals surface area contributed by atoms with Gasteiger partial charge in [-0.25, -0.2) is 4.98 Å². The highest BCUT2D eigenvalue weighted by molar-refractivity contribution is 5.92. The van der Waals surface area contributed by atoms with Crippen LogP contribution in [0.4, 0.5) is 4.39 Å². The Morgan fingerprint density at radius 3 is 3.18 bits per heavy atom. The van der Waals surface area contributed by atoms with Crippen LogP contribution < -0.4 is 0 Å². The largest absolute Gasteiger partial charge is 0.394 e. The van der Waals surface area contributed by atoms with Crippen LogP contribution in [0.3, 0.4) is 0 Å². The lowest BCUT2D eigenvalue weighted by atomic mass is 10.2. The molecular formula is C11H13FN2O3. The molecule has 0 saturated carbocycles. The quantitative estimate of drug-likeness (QED) is 0.742. The van der Waals surface area contributed by atoms with Gasteiger partial charge in [0.2, 0.25) is 5.95 Å². The molecule has 1 aliphatic heterocycles. The topological polar surface area (TPSA) is 62.7 Å². The molecule has 2 heterocycles. The lowest BCUT2D eigenvalue weighted by Gasteiger charge is -2.34. The van der Waals surface area contributed by atoms with E-state index in [9.17, 15) is 9.18 Å². The van der Waals surface area contributed by atoms with E-state index in [1.807, 2.05) is 0 Å². The Labute approximate surface area is 97.8 Å². The fraction of sp³-hybridized carbons (Fsp3) is 0.455. The van der Waals surface area contributed by atoms with Gasteiger partial charge < -0.3 is 14.7 Å². The Bertz CT molecular complexity index is 413. The van der Waals surface area contributed by atoms with E-state index in [0.717, 1.165) is 0 Å². The fourth-order valence-electron chi connectivity index (χ4n) is 1.75. The summed E-state index contributed by atoms with van der Waals surface area (Å²) in [4.78, 5) is 17.1. The van der Waals surface area contributed by atoms with Crippen molar-refractivity contribution in [3.05, 3.63) is 29.8 Å². The van der Waals surface area contributed by atoms with Crippen molar-refractivity contribution in [2.75, 3.05) is 26.4 Å². The molecule has 5 nitrogen and oxygen atoms in total. The molecule has 17 heavy (non-hydrogen) atoms. The number of aliphatic hydroxyl groups excluding tert-OH is 1. The average Bonchev–Trinajstić information content (AvgIpc) is 2.38. The first kappa shape index (κ1) is 11.9. The van der Waals surface area contributed by atoms with E-state index in [0.29, 0.717) is 13.2 Å². The molecule has 0 bridgehead atoms. The molecule has 1 aromatic rings. The van der Waals surface area contributed by atoms with Gasteiger partial charge in [0.15, 0.2) is 0 Å². The number of pyridine rings is 1. The Kier molecular flexibility index (Phi) is 3.65. The number of halogens is 1. The van der Waals surface area contributed by atoms with Crippen molar-refractivity contribution in [2.24, 2.45) is 0 Å². The van der Waals surface area contributed by atoms with Gasteiger partial charge in [0.05, 0.1) is 25.9 Å². The van der Waals surface area contributed by atoms with Crippen molar-refractivity contribution in [1.82, 2.24) is 9.88 Å². The van der Waals surface area contributed by atoms with Crippen LogP contribution in [0, 0.1) is 5.95 Å². The van der Waals surface area contributed by atoms with E-state index in [1.54, 1.807) is 0 Å². The minimum absolute atomic E-state index is 0.0466. The fourth-order valence-corrected chi connectivity index (χ4v) is 1.75. The molecule has 92 valence electrons. The second kappa shape index (κ2) is 5.20. The highest BCUT2D eigenvalue weighted by Gasteiger charge is 2.28. The van der Waals surface area contributed by atoms with Gasteiger partial charge in [-0.2, -0.15) is 4.39 Å². The van der Waals surface area contributed by atoms with Crippen LogP contribution in [0.1, 0.15) is 10.5 Å². The van der Waals surface area contributed by atoms with Gasteiger partial charge in [0, 0.05) is 6.54 Å². The summed E-state index contributed by atoms with van der Waals surface area (Å²) < 4.78 is 18.1. The lowest BCUT2D eigenvalue weighted by Crippen LogP contribution is -2.50. The van der Waals surface area contributed by atoms with Crippen LogP contribution in [0.15, 0.2) is 18.2 Å². The zero-order valence-electron chi connectivity index (χ0n) is 9.17. The minimum atomic E-state index is -0.690. The molecule has 1 saturated heterocycles. The van der Waals surface area contributed by atoms with Crippen molar-refractivity contribution < 1.29 is 19.0 Å². The highest BCUT2D eigenvalue weighted by atomic mass is 19.1. The molecule has 1 N–H and O–H groups in total. The second-order valence-corrected chi connectivity index (χ2v) is 3.76. The van der Waals surface area contributed by atoms with E-state index in [2.05, 4.69) is 4.98 Å². The SMILES string of the molecule is O=C(c1cccc(F)n1)N1CCOCC1CO. The van der Waals surface area contributed by atoms with Crippen LogP contribution >= 0.6 is 0 Å². The van der Waals surface area contributed by atoms with Gasteiger partial charge >= 0.3 is 0 Å². The third-order valence-electron chi connectivity index (χ3n) is 2.63. The van der Waals surface area contributed by atoms with Crippen LogP contribution in [-0.2, 0) is 4.74 Å². The third kappa shape index (κ3) is 2.59. The minimum Gasteiger partial charge on any atom is -0.394 e. The first-order valence-corrected chi connectivity index (χ1v) is 5.34. The second-order valence-electron chi connectivity index (χ2n) is 3.76. The predicted molar refractivity (Wildman–Crippen MR) is 56.9 cm³/mol. The number of aromatic nitrogens is 1. The molecule has 1 unspecified atom stereocenters. The molecular weight excluding hydrogens is 227 g/mol. The summed E-state index contributed by atoms with van der Waals surface area (Å²) in [5.74, 6) is -1.07. The molecule has 1 aromatic heterocycles. The van der Waals surface area contributed by atoms with E-state index < -0.39 is 5.95 Å². The monoisotopic (exact) mass is 240 g/mol. The molecule has 0 spiro atoms. The number of aliphatic hydroxyl groups is 1. The summed E-state index contributed by atoms with van der Waals surface area (Å²) >= 11 is 0. The van der Waals surface area contributed by atoms with Crippen LogP contribution in [0.2, 0.25) is 0 Å². The Hall–Kier alpha value is -1.53. The summed E-state index contributed by atoms with van der Waals surface area (Å²) in [6, 6.07) is 3.68. The first-order valence-electron chi connectivity index (χ1n) is 5.34. The van der Waals surface area contributed by atoms with Gasteiger partial charge in [0.1, 0.15) is 5.69 Å². The van der Waals surface area contributed by atoms with Crippen LogP contribution in [0.25, 0.3) is 0 Å². The van der Waals surface area contributed by atoms with Gasteiger partial charge in [-0.1, -0.05) is 6.07 Å². The molecule has 1 aliphatic rings. The highest BCUT2D eigenvalue weighted by Crippen LogP contribution is 2.11. The van der Waals surface area contributed by atoms with Crippen LogP contribution in [-0.4, -0.2) is 53.3 Å².